The smallest absolute Gasteiger partial charge is 0.327 e. The minimum Gasteiger partial charge on any atom is -0.508 e. The number of allylic oxidation sites excluding steroid dienone is 1. The maximum Gasteiger partial charge on any atom is 0.327 e. The molecule has 1 saturated carbocycles. The first kappa shape index (κ1) is 34.6. The molecule has 2 aromatic rings. The van der Waals surface area contributed by atoms with Crippen LogP contribution in [0, 0.1) is 5.41 Å². The molecule has 3 saturated heterocycles. The van der Waals surface area contributed by atoms with Crippen LogP contribution in [-0.2, 0) is 41.6 Å². The number of amides is 1. The van der Waals surface area contributed by atoms with E-state index in [0.29, 0.717) is 6.42 Å². The number of ether oxygens (including phenoxy) is 3. The number of hydroxylamine groups is 2. The molecule has 3 aliphatic heterocycles. The van der Waals surface area contributed by atoms with Gasteiger partial charge in [-0.2, -0.15) is 5.06 Å². The van der Waals surface area contributed by atoms with Crippen LogP contribution in [0.2, 0.25) is 0 Å². The van der Waals surface area contributed by atoms with Crippen molar-refractivity contribution in [3.05, 3.63) is 71.3 Å². The van der Waals surface area contributed by atoms with Gasteiger partial charge in [-0.3, -0.25) is 14.4 Å². The highest BCUT2D eigenvalue weighted by molar-refractivity contribution is 5.93. The third-order valence-electron chi connectivity index (χ3n) is 10.4. The molecule has 0 radical (unpaired) electrons. The third-order valence-corrected chi connectivity index (χ3v) is 10.4. The topological polar surface area (TPSA) is 127 Å². The van der Waals surface area contributed by atoms with Crippen molar-refractivity contribution >= 4 is 18.0 Å². The van der Waals surface area contributed by atoms with Gasteiger partial charge in [-0.15, -0.1) is 0 Å². The van der Waals surface area contributed by atoms with Gasteiger partial charge in [-0.25, -0.2) is 0 Å². The SMILES string of the molecule is CCCCCC1(CCCCC)OC2C3CC4(C(=O)NCCO)C(ON(Cc5ccc(C=CCc6ccccc6O)cc5)C4C(=O)O3)C2O1. The number of nitrogens with zero attached hydrogens (tertiary/aromatic N) is 1. The second kappa shape index (κ2) is 15.1. The molecule has 4 aliphatic rings. The van der Waals surface area contributed by atoms with Gasteiger partial charge in [0, 0.05) is 25.8 Å². The van der Waals surface area contributed by atoms with E-state index in [4.69, 9.17) is 19.0 Å². The number of aromatic hydroxyl groups is 1. The van der Waals surface area contributed by atoms with Crippen molar-refractivity contribution in [2.75, 3.05) is 13.2 Å². The summed E-state index contributed by atoms with van der Waals surface area (Å²) in [7, 11) is 0. The van der Waals surface area contributed by atoms with E-state index in [1.165, 1.54) is 0 Å². The number of phenols is 1. The van der Waals surface area contributed by atoms with Gasteiger partial charge in [0.1, 0.15) is 35.6 Å². The fourth-order valence-electron chi connectivity index (χ4n) is 7.95. The van der Waals surface area contributed by atoms with E-state index in [1.807, 2.05) is 48.6 Å². The molecule has 2 aromatic carbocycles. The highest BCUT2D eigenvalue weighted by Gasteiger charge is 2.76. The summed E-state index contributed by atoms with van der Waals surface area (Å²) in [5.41, 5.74) is 1.50. The fourth-order valence-corrected chi connectivity index (χ4v) is 7.95. The Morgan fingerprint density at radius 2 is 1.71 bits per heavy atom. The van der Waals surface area contributed by atoms with Crippen LogP contribution in [0.1, 0.15) is 88.3 Å². The molecule has 2 bridgehead atoms. The first-order valence-corrected chi connectivity index (χ1v) is 17.7. The van der Waals surface area contributed by atoms with Crippen molar-refractivity contribution in [2.24, 2.45) is 5.41 Å². The molecule has 260 valence electrons. The summed E-state index contributed by atoms with van der Waals surface area (Å²) < 4.78 is 19.8. The summed E-state index contributed by atoms with van der Waals surface area (Å²) in [4.78, 5) is 34.6. The Bertz CT molecular complexity index is 1440. The van der Waals surface area contributed by atoms with E-state index in [9.17, 15) is 19.8 Å². The number of hydrogen-bond acceptors (Lipinski definition) is 9. The molecule has 3 N–H and O–H groups in total. The van der Waals surface area contributed by atoms with Crippen LogP contribution < -0.4 is 5.32 Å². The molecule has 10 heteroatoms. The molecule has 6 unspecified atom stereocenters. The molecular weight excluding hydrogens is 612 g/mol. The van der Waals surface area contributed by atoms with E-state index in [1.54, 1.807) is 17.2 Å². The number of aliphatic hydroxyl groups is 1. The predicted octanol–water partition coefficient (Wildman–Crippen LogP) is 5.20. The molecule has 1 aliphatic carbocycles. The lowest BCUT2D eigenvalue weighted by molar-refractivity contribution is -0.224. The number of fused-ring (bicyclic) bond motifs is 4. The maximum absolute atomic E-state index is 14.1. The average molecular weight is 663 g/mol. The molecular formula is C38H50N2O8. The van der Waals surface area contributed by atoms with Gasteiger partial charge in [-0.1, -0.05) is 94.1 Å². The molecule has 4 fully saturated rings. The summed E-state index contributed by atoms with van der Waals surface area (Å²) in [6.45, 7) is 4.45. The van der Waals surface area contributed by atoms with E-state index < -0.39 is 47.6 Å². The maximum atomic E-state index is 14.1. The number of rotatable bonds is 16. The highest BCUT2D eigenvalue weighted by Crippen LogP contribution is 2.58. The molecule has 6 rings (SSSR count). The number of esters is 1. The number of carbonyl (C=O) groups excluding carboxylic acids is 2. The minimum absolute atomic E-state index is 0.0715. The normalized spacial score (nSPS) is 28.8. The van der Waals surface area contributed by atoms with Crippen molar-refractivity contribution < 1.29 is 38.9 Å². The van der Waals surface area contributed by atoms with Gasteiger partial charge >= 0.3 is 5.97 Å². The summed E-state index contributed by atoms with van der Waals surface area (Å²) in [5, 5.41) is 24.0. The Labute approximate surface area is 283 Å². The summed E-state index contributed by atoms with van der Waals surface area (Å²) >= 11 is 0. The highest BCUT2D eigenvalue weighted by atomic mass is 16.8. The second-order valence-electron chi connectivity index (χ2n) is 13.7. The molecule has 3 heterocycles. The Morgan fingerprint density at radius 1 is 1.00 bits per heavy atom. The van der Waals surface area contributed by atoms with Crippen molar-refractivity contribution in [3.63, 3.8) is 0 Å². The van der Waals surface area contributed by atoms with Gasteiger partial charge < -0.3 is 29.7 Å². The van der Waals surface area contributed by atoms with Crippen LogP contribution in [0.5, 0.6) is 5.75 Å². The number of carbonyl (C=O) groups is 2. The van der Waals surface area contributed by atoms with Crippen molar-refractivity contribution in [3.8, 4) is 5.75 Å². The molecule has 48 heavy (non-hydrogen) atoms. The number of benzene rings is 2. The van der Waals surface area contributed by atoms with Crippen molar-refractivity contribution in [1.82, 2.24) is 10.4 Å². The quantitative estimate of drug-likeness (QED) is 0.164. The summed E-state index contributed by atoms with van der Waals surface area (Å²) in [5.74, 6) is -1.38. The number of unbranched alkanes of at least 4 members (excludes halogenated alkanes) is 4. The molecule has 0 aromatic heterocycles. The van der Waals surface area contributed by atoms with Crippen LogP contribution in [-0.4, -0.2) is 76.5 Å². The van der Waals surface area contributed by atoms with Crippen LogP contribution in [0.25, 0.3) is 6.08 Å². The van der Waals surface area contributed by atoms with Gasteiger partial charge in [0.05, 0.1) is 13.2 Å². The largest absolute Gasteiger partial charge is 0.508 e. The van der Waals surface area contributed by atoms with Crippen molar-refractivity contribution in [1.29, 1.82) is 0 Å². The van der Waals surface area contributed by atoms with Gasteiger partial charge in [0.25, 0.3) is 0 Å². The van der Waals surface area contributed by atoms with E-state index in [2.05, 4.69) is 19.2 Å². The number of phenolic OH excluding ortho intramolecular Hbond substituents is 1. The lowest BCUT2D eigenvalue weighted by atomic mass is 9.62. The molecule has 6 atom stereocenters. The Kier molecular flexibility index (Phi) is 10.9. The Hall–Kier alpha value is -3.28. The van der Waals surface area contributed by atoms with Crippen LogP contribution in [0.4, 0.5) is 0 Å². The monoisotopic (exact) mass is 662 g/mol. The van der Waals surface area contributed by atoms with Gasteiger partial charge in [-0.05, 0) is 42.0 Å². The number of hydrogen-bond donors (Lipinski definition) is 3. The van der Waals surface area contributed by atoms with Gasteiger partial charge in [0.15, 0.2) is 11.8 Å². The first-order chi connectivity index (χ1) is 23.3. The number of nitrogens with one attached hydrogen (secondary N) is 1. The van der Waals surface area contributed by atoms with Gasteiger partial charge in [0.2, 0.25) is 5.91 Å². The van der Waals surface area contributed by atoms with Crippen molar-refractivity contribution in [2.45, 2.75) is 121 Å². The summed E-state index contributed by atoms with van der Waals surface area (Å²) in [6, 6.07) is 14.2. The Balaban J connectivity index is 1.24. The zero-order valence-corrected chi connectivity index (χ0v) is 28.1. The first-order valence-electron chi connectivity index (χ1n) is 17.7. The van der Waals surface area contributed by atoms with Crippen LogP contribution >= 0.6 is 0 Å². The lowest BCUT2D eigenvalue weighted by Gasteiger charge is -2.48. The predicted molar refractivity (Wildman–Crippen MR) is 179 cm³/mol. The standard InChI is InChI=1S/C38H50N2O8/c1-3-5-9-20-37(21-10-6-4-2)46-31-30-24-38(36(44)39-22-23-41)33(35(43)45-30)40(48-34(38)32(31)47-37)25-27-18-16-26(17-19-27)12-11-14-28-13-7-8-15-29(28)42/h7-8,11-13,15-19,30-34,41-42H,3-6,9-10,14,20-25H2,1-2H3,(H,39,44). The second-order valence-corrected chi connectivity index (χ2v) is 13.7. The van der Waals surface area contributed by atoms with Crippen LogP contribution in [0.3, 0.4) is 0 Å². The average Bonchev–Trinajstić information content (AvgIpc) is 3.64. The van der Waals surface area contributed by atoms with E-state index in [-0.39, 0.29) is 37.8 Å². The van der Waals surface area contributed by atoms with E-state index >= 15 is 0 Å². The van der Waals surface area contributed by atoms with E-state index in [0.717, 1.165) is 68.1 Å². The fraction of sp³-hybridized carbons (Fsp3) is 0.579. The number of aliphatic hydroxyl groups excluding tert-OH is 1. The summed E-state index contributed by atoms with van der Waals surface area (Å²) in [6.07, 6.45) is 9.98. The zero-order valence-electron chi connectivity index (χ0n) is 28.1. The van der Waals surface area contributed by atoms with Crippen LogP contribution in [0.15, 0.2) is 54.6 Å². The molecule has 0 spiro atoms. The molecule has 1 amide bonds. The lowest BCUT2D eigenvalue weighted by Crippen LogP contribution is -2.69. The zero-order chi connectivity index (χ0) is 33.7. The third kappa shape index (κ3) is 6.78. The minimum atomic E-state index is -1.26. The molecule has 10 nitrogen and oxygen atoms in total. The number of para-hydroxylation sites is 1. The Morgan fingerprint density at radius 3 is 2.40 bits per heavy atom.